The van der Waals surface area contributed by atoms with E-state index in [4.69, 9.17) is 11.6 Å². The SMILES string of the molecule is CN(C(=O)c1ccc(Cl)cc1[N+](=O)[O-])c1ccccc1. The molecular weight excluding hydrogens is 280 g/mol. The van der Waals surface area contributed by atoms with Gasteiger partial charge in [0.1, 0.15) is 5.56 Å². The maximum absolute atomic E-state index is 12.4. The van der Waals surface area contributed by atoms with E-state index in [1.54, 1.807) is 31.3 Å². The molecule has 2 aromatic rings. The van der Waals surface area contributed by atoms with Crippen molar-refractivity contribution in [1.29, 1.82) is 0 Å². The summed E-state index contributed by atoms with van der Waals surface area (Å²) in [5.74, 6) is -0.459. The Morgan fingerprint density at radius 1 is 1.20 bits per heavy atom. The number of nitrogens with zero attached hydrogens (tertiary/aromatic N) is 2. The maximum atomic E-state index is 12.4. The zero-order chi connectivity index (χ0) is 14.7. The Hall–Kier alpha value is -2.40. The number of hydrogen-bond donors (Lipinski definition) is 0. The summed E-state index contributed by atoms with van der Waals surface area (Å²) >= 11 is 5.73. The number of anilines is 1. The van der Waals surface area contributed by atoms with E-state index >= 15 is 0 Å². The summed E-state index contributed by atoms with van der Waals surface area (Å²) in [5, 5.41) is 11.2. The highest BCUT2D eigenvalue weighted by atomic mass is 35.5. The van der Waals surface area contributed by atoms with Crippen LogP contribution in [0.5, 0.6) is 0 Å². The number of halogens is 1. The molecule has 0 aliphatic carbocycles. The Labute approximate surface area is 120 Å². The number of benzene rings is 2. The fraction of sp³-hybridized carbons (Fsp3) is 0.0714. The summed E-state index contributed by atoms with van der Waals surface area (Å²) in [6.07, 6.45) is 0. The minimum atomic E-state index is -0.613. The van der Waals surface area contributed by atoms with Crippen LogP contribution >= 0.6 is 11.6 Å². The average molecular weight is 291 g/mol. The fourth-order valence-electron chi connectivity index (χ4n) is 1.79. The fourth-order valence-corrected chi connectivity index (χ4v) is 1.95. The molecule has 0 aliphatic rings. The lowest BCUT2D eigenvalue weighted by molar-refractivity contribution is -0.385. The molecule has 0 bridgehead atoms. The van der Waals surface area contributed by atoms with Gasteiger partial charge in [0, 0.05) is 23.8 Å². The van der Waals surface area contributed by atoms with Crippen LogP contribution in [0.2, 0.25) is 5.02 Å². The zero-order valence-electron chi connectivity index (χ0n) is 10.6. The molecule has 2 rings (SSSR count). The number of carbonyl (C=O) groups excluding carboxylic acids is 1. The minimum Gasteiger partial charge on any atom is -0.311 e. The van der Waals surface area contributed by atoms with E-state index in [9.17, 15) is 14.9 Å². The molecule has 0 radical (unpaired) electrons. The minimum absolute atomic E-state index is 0.00533. The van der Waals surface area contributed by atoms with E-state index in [0.717, 1.165) is 0 Å². The van der Waals surface area contributed by atoms with Gasteiger partial charge in [-0.3, -0.25) is 14.9 Å². The number of carbonyl (C=O) groups is 1. The molecular formula is C14H11ClN2O3. The molecule has 1 amide bonds. The van der Waals surface area contributed by atoms with Crippen molar-refractivity contribution in [3.05, 3.63) is 69.2 Å². The van der Waals surface area contributed by atoms with Crippen LogP contribution in [0, 0.1) is 10.1 Å². The Morgan fingerprint density at radius 2 is 1.85 bits per heavy atom. The molecule has 102 valence electrons. The molecule has 0 unspecified atom stereocenters. The van der Waals surface area contributed by atoms with Crippen LogP contribution in [0.4, 0.5) is 11.4 Å². The first-order valence-corrected chi connectivity index (χ1v) is 6.15. The van der Waals surface area contributed by atoms with Gasteiger partial charge in [-0.25, -0.2) is 0 Å². The molecule has 0 fully saturated rings. The lowest BCUT2D eigenvalue weighted by atomic mass is 10.1. The van der Waals surface area contributed by atoms with E-state index in [1.165, 1.54) is 23.1 Å². The van der Waals surface area contributed by atoms with Crippen LogP contribution < -0.4 is 4.90 Å². The third kappa shape index (κ3) is 2.78. The normalized spacial score (nSPS) is 10.1. The van der Waals surface area contributed by atoms with Crippen LogP contribution in [0.25, 0.3) is 0 Å². The van der Waals surface area contributed by atoms with E-state index < -0.39 is 10.8 Å². The van der Waals surface area contributed by atoms with Crippen molar-refractivity contribution < 1.29 is 9.72 Å². The topological polar surface area (TPSA) is 63.5 Å². The van der Waals surface area contributed by atoms with E-state index in [-0.39, 0.29) is 16.3 Å². The number of nitro benzene ring substituents is 1. The standard InChI is InChI=1S/C14H11ClN2O3/c1-16(11-5-3-2-4-6-11)14(18)12-8-7-10(15)9-13(12)17(19)20/h2-9H,1H3. The van der Waals surface area contributed by atoms with E-state index in [1.807, 2.05) is 6.07 Å². The second-order valence-electron chi connectivity index (χ2n) is 4.12. The van der Waals surface area contributed by atoms with Crippen molar-refractivity contribution in [3.63, 3.8) is 0 Å². The van der Waals surface area contributed by atoms with Crippen LogP contribution in [0.1, 0.15) is 10.4 Å². The van der Waals surface area contributed by atoms with Gasteiger partial charge in [-0.05, 0) is 24.3 Å². The molecule has 0 saturated carbocycles. The second-order valence-corrected chi connectivity index (χ2v) is 4.55. The molecule has 0 N–H and O–H groups in total. The molecule has 5 nitrogen and oxygen atoms in total. The summed E-state index contributed by atoms with van der Waals surface area (Å²) in [6.45, 7) is 0. The Balaban J connectivity index is 2.41. The Kier molecular flexibility index (Phi) is 4.00. The Morgan fingerprint density at radius 3 is 2.45 bits per heavy atom. The largest absolute Gasteiger partial charge is 0.311 e. The molecule has 0 heterocycles. The van der Waals surface area contributed by atoms with E-state index in [0.29, 0.717) is 5.69 Å². The predicted octanol–water partition coefficient (Wildman–Crippen LogP) is 3.52. The highest BCUT2D eigenvalue weighted by Crippen LogP contribution is 2.25. The third-order valence-corrected chi connectivity index (χ3v) is 3.07. The molecule has 0 spiro atoms. The molecule has 0 aliphatic heterocycles. The summed E-state index contributed by atoms with van der Waals surface area (Å²) in [6, 6.07) is 12.9. The van der Waals surface area contributed by atoms with Gasteiger partial charge in [-0.2, -0.15) is 0 Å². The maximum Gasteiger partial charge on any atom is 0.283 e. The van der Waals surface area contributed by atoms with Crippen molar-refractivity contribution in [3.8, 4) is 0 Å². The quantitative estimate of drug-likeness (QED) is 0.642. The molecule has 6 heteroatoms. The van der Waals surface area contributed by atoms with Crippen molar-refractivity contribution in [2.24, 2.45) is 0 Å². The lowest BCUT2D eigenvalue weighted by Gasteiger charge is -2.17. The van der Waals surface area contributed by atoms with Gasteiger partial charge in [0.05, 0.1) is 4.92 Å². The highest BCUT2D eigenvalue weighted by Gasteiger charge is 2.23. The van der Waals surface area contributed by atoms with Crippen LogP contribution in [-0.4, -0.2) is 17.9 Å². The van der Waals surface area contributed by atoms with Gasteiger partial charge in [0.2, 0.25) is 0 Å². The van der Waals surface area contributed by atoms with Gasteiger partial charge in [-0.15, -0.1) is 0 Å². The summed E-state index contributed by atoms with van der Waals surface area (Å²) in [5.41, 5.74) is 0.359. The van der Waals surface area contributed by atoms with Crippen LogP contribution in [0.15, 0.2) is 48.5 Å². The van der Waals surface area contributed by atoms with Gasteiger partial charge >= 0.3 is 0 Å². The lowest BCUT2D eigenvalue weighted by Crippen LogP contribution is -2.26. The van der Waals surface area contributed by atoms with E-state index in [2.05, 4.69) is 0 Å². The van der Waals surface area contributed by atoms with Crippen LogP contribution in [0.3, 0.4) is 0 Å². The zero-order valence-corrected chi connectivity index (χ0v) is 11.4. The number of rotatable bonds is 3. The first kappa shape index (κ1) is 14.0. The van der Waals surface area contributed by atoms with Crippen molar-refractivity contribution >= 4 is 28.9 Å². The molecule has 2 aromatic carbocycles. The van der Waals surface area contributed by atoms with Crippen LogP contribution in [-0.2, 0) is 0 Å². The molecule has 0 saturated heterocycles. The van der Waals surface area contributed by atoms with Crippen molar-refractivity contribution in [1.82, 2.24) is 0 Å². The molecule has 20 heavy (non-hydrogen) atoms. The van der Waals surface area contributed by atoms with Gasteiger partial charge in [-0.1, -0.05) is 29.8 Å². The number of nitro groups is 1. The van der Waals surface area contributed by atoms with Gasteiger partial charge in [0.15, 0.2) is 0 Å². The summed E-state index contributed by atoms with van der Waals surface area (Å²) in [7, 11) is 1.57. The second kappa shape index (κ2) is 5.71. The van der Waals surface area contributed by atoms with Crippen molar-refractivity contribution in [2.45, 2.75) is 0 Å². The monoisotopic (exact) mass is 290 g/mol. The Bertz CT molecular complexity index is 659. The summed E-state index contributed by atoms with van der Waals surface area (Å²) in [4.78, 5) is 24.1. The van der Waals surface area contributed by atoms with Gasteiger partial charge < -0.3 is 4.90 Å². The predicted molar refractivity (Wildman–Crippen MR) is 77.3 cm³/mol. The number of para-hydroxylation sites is 1. The van der Waals surface area contributed by atoms with Crippen molar-refractivity contribution in [2.75, 3.05) is 11.9 Å². The third-order valence-electron chi connectivity index (χ3n) is 2.84. The number of amides is 1. The smallest absolute Gasteiger partial charge is 0.283 e. The first-order chi connectivity index (χ1) is 9.50. The highest BCUT2D eigenvalue weighted by molar-refractivity contribution is 6.31. The first-order valence-electron chi connectivity index (χ1n) is 5.78. The van der Waals surface area contributed by atoms with Gasteiger partial charge in [0.25, 0.3) is 11.6 Å². The summed E-state index contributed by atoms with van der Waals surface area (Å²) < 4.78 is 0. The number of hydrogen-bond acceptors (Lipinski definition) is 3. The average Bonchev–Trinajstić information content (AvgIpc) is 2.46. The molecule has 0 atom stereocenters. The molecule has 0 aromatic heterocycles.